The van der Waals surface area contributed by atoms with Crippen molar-refractivity contribution in [2.75, 3.05) is 6.54 Å². The molecule has 1 aromatic carbocycles. The van der Waals surface area contributed by atoms with E-state index in [4.69, 9.17) is 9.15 Å². The minimum absolute atomic E-state index is 0.151. The zero-order valence-corrected chi connectivity index (χ0v) is 21.4. The molecule has 1 saturated heterocycles. The van der Waals surface area contributed by atoms with Crippen LogP contribution < -0.4 is 10.1 Å². The molecule has 4 heterocycles. The van der Waals surface area contributed by atoms with Crippen molar-refractivity contribution in [3.8, 4) is 11.5 Å². The first kappa shape index (κ1) is 24.4. The third-order valence-corrected chi connectivity index (χ3v) is 7.89. The number of ether oxygens (including phenoxy) is 1. The number of fused-ring (bicyclic) bond motifs is 2. The molecule has 3 aromatic heterocycles. The fourth-order valence-electron chi connectivity index (χ4n) is 5.42. The number of furan rings is 1. The van der Waals surface area contributed by atoms with Crippen LogP contribution in [0.15, 0.2) is 41.1 Å². The fourth-order valence-corrected chi connectivity index (χ4v) is 5.42. The van der Waals surface area contributed by atoms with Gasteiger partial charge in [-0.25, -0.2) is 8.91 Å². The topological polar surface area (TPSA) is 109 Å². The number of carbonyl (C=O) groups is 2. The number of likely N-dealkylation sites (tertiary alicyclic amines) is 1. The van der Waals surface area contributed by atoms with Gasteiger partial charge in [0.15, 0.2) is 5.75 Å². The third kappa shape index (κ3) is 3.91. The number of aliphatic hydroxyl groups excluding tert-OH is 1. The lowest BCUT2D eigenvalue weighted by Gasteiger charge is -2.30. The van der Waals surface area contributed by atoms with Crippen molar-refractivity contribution >= 4 is 28.3 Å². The zero-order chi connectivity index (χ0) is 26.7. The Bertz CT molecular complexity index is 1580. The summed E-state index contributed by atoms with van der Waals surface area (Å²) < 4.78 is 27.4. The van der Waals surface area contributed by atoms with Crippen molar-refractivity contribution in [2.24, 2.45) is 0 Å². The predicted molar refractivity (Wildman–Crippen MR) is 137 cm³/mol. The van der Waals surface area contributed by atoms with Crippen LogP contribution in [0.5, 0.6) is 11.5 Å². The molecule has 2 N–H and O–H groups in total. The highest BCUT2D eigenvalue weighted by Gasteiger charge is 2.35. The molecule has 1 saturated carbocycles. The van der Waals surface area contributed by atoms with Crippen LogP contribution in [0.3, 0.4) is 0 Å². The van der Waals surface area contributed by atoms with Crippen molar-refractivity contribution in [3.05, 3.63) is 59.1 Å². The lowest BCUT2D eigenvalue weighted by molar-refractivity contribution is 0.0666. The van der Waals surface area contributed by atoms with Gasteiger partial charge in [0.25, 0.3) is 11.8 Å². The van der Waals surface area contributed by atoms with Crippen molar-refractivity contribution in [1.29, 1.82) is 0 Å². The van der Waals surface area contributed by atoms with Crippen LogP contribution in [-0.2, 0) is 0 Å². The maximum absolute atomic E-state index is 13.7. The van der Waals surface area contributed by atoms with Gasteiger partial charge in [-0.3, -0.25) is 9.59 Å². The lowest BCUT2D eigenvalue weighted by Crippen LogP contribution is -2.48. The summed E-state index contributed by atoms with van der Waals surface area (Å²) in [7, 11) is 0. The van der Waals surface area contributed by atoms with E-state index in [2.05, 4.69) is 10.4 Å². The lowest BCUT2D eigenvalue weighted by atomic mass is 9.90. The van der Waals surface area contributed by atoms with Crippen LogP contribution in [0.1, 0.15) is 58.2 Å². The highest BCUT2D eigenvalue weighted by atomic mass is 19.1. The van der Waals surface area contributed by atoms with Crippen LogP contribution in [0.2, 0.25) is 0 Å². The van der Waals surface area contributed by atoms with E-state index in [0.29, 0.717) is 70.7 Å². The Morgan fingerprint density at radius 3 is 2.71 bits per heavy atom. The first-order valence-electron chi connectivity index (χ1n) is 12.8. The Labute approximate surface area is 218 Å². The number of rotatable bonds is 5. The maximum atomic E-state index is 13.7. The minimum Gasteiger partial charge on any atom is -0.460 e. The number of aromatic nitrogens is 2. The first-order chi connectivity index (χ1) is 18.2. The molecule has 9 nitrogen and oxygen atoms in total. The van der Waals surface area contributed by atoms with E-state index in [1.807, 2.05) is 13.8 Å². The molecule has 4 aromatic rings. The highest BCUT2D eigenvalue weighted by molar-refractivity contribution is 6.07. The maximum Gasteiger partial charge on any atom is 0.256 e. The predicted octanol–water partition coefficient (Wildman–Crippen LogP) is 4.32. The van der Waals surface area contributed by atoms with Gasteiger partial charge in [0.05, 0.1) is 35.5 Å². The summed E-state index contributed by atoms with van der Waals surface area (Å²) in [6, 6.07) is 6.21. The number of aryl methyl sites for hydroxylation is 2. The molecule has 6 rings (SSSR count). The molecule has 10 heteroatoms. The second-order valence-electron chi connectivity index (χ2n) is 10.2. The van der Waals surface area contributed by atoms with Gasteiger partial charge >= 0.3 is 0 Å². The van der Waals surface area contributed by atoms with Crippen LogP contribution >= 0.6 is 0 Å². The summed E-state index contributed by atoms with van der Waals surface area (Å²) in [6.45, 7) is 5.90. The molecule has 198 valence electrons. The van der Waals surface area contributed by atoms with E-state index < -0.39 is 18.3 Å². The normalized spacial score (nSPS) is 23.1. The van der Waals surface area contributed by atoms with E-state index in [1.54, 1.807) is 53.0 Å². The van der Waals surface area contributed by atoms with Crippen LogP contribution in [0.4, 0.5) is 4.39 Å². The summed E-state index contributed by atoms with van der Waals surface area (Å²) in [4.78, 5) is 27.8. The molecule has 4 atom stereocenters. The highest BCUT2D eigenvalue weighted by Crippen LogP contribution is 2.35. The molecule has 1 aliphatic carbocycles. The fraction of sp³-hybridized carbons (Fsp3) is 0.393. The van der Waals surface area contributed by atoms with Crippen molar-refractivity contribution in [2.45, 2.75) is 64.4 Å². The van der Waals surface area contributed by atoms with Gasteiger partial charge < -0.3 is 24.5 Å². The van der Waals surface area contributed by atoms with Crippen LogP contribution in [-0.4, -0.2) is 62.3 Å². The molecule has 0 spiro atoms. The molecule has 2 aliphatic rings. The van der Waals surface area contributed by atoms with E-state index in [0.717, 1.165) is 5.56 Å². The Morgan fingerprint density at radius 2 is 2.03 bits per heavy atom. The summed E-state index contributed by atoms with van der Waals surface area (Å²) in [5.41, 5.74) is 2.75. The van der Waals surface area contributed by atoms with Crippen LogP contribution in [0.25, 0.3) is 16.5 Å². The minimum atomic E-state index is -1.01. The summed E-state index contributed by atoms with van der Waals surface area (Å²) >= 11 is 0. The molecular formula is C28H29FN4O5. The number of hydrogen-bond donors (Lipinski definition) is 2. The molecular weight excluding hydrogens is 491 g/mol. The molecule has 1 aliphatic heterocycles. The molecule has 0 radical (unpaired) electrons. The van der Waals surface area contributed by atoms with E-state index in [1.165, 1.54) is 0 Å². The second-order valence-corrected chi connectivity index (χ2v) is 10.2. The van der Waals surface area contributed by atoms with Gasteiger partial charge in [0.2, 0.25) is 0 Å². The quantitative estimate of drug-likeness (QED) is 0.406. The molecule has 2 fully saturated rings. The van der Waals surface area contributed by atoms with Gasteiger partial charge in [-0.2, -0.15) is 5.10 Å². The average molecular weight is 521 g/mol. The van der Waals surface area contributed by atoms with E-state index in [9.17, 15) is 19.1 Å². The Kier molecular flexibility index (Phi) is 5.86. The number of carbonyl (C=O) groups excluding carboxylic acids is 2. The largest absolute Gasteiger partial charge is 0.460 e. The Hall–Kier alpha value is -3.92. The smallest absolute Gasteiger partial charge is 0.256 e. The number of aliphatic hydroxyl groups is 1. The van der Waals surface area contributed by atoms with Crippen molar-refractivity contribution < 1.29 is 28.2 Å². The summed E-state index contributed by atoms with van der Waals surface area (Å²) in [6.07, 6.45) is 3.40. The van der Waals surface area contributed by atoms with Gasteiger partial charge in [-0.05, 0) is 57.7 Å². The number of benzene rings is 1. The molecule has 38 heavy (non-hydrogen) atoms. The number of nitrogens with one attached hydrogen (secondary N) is 1. The Balaban J connectivity index is 1.29. The number of nitrogens with zero attached hydrogens (tertiary/aromatic N) is 3. The van der Waals surface area contributed by atoms with Gasteiger partial charge in [0.1, 0.15) is 28.8 Å². The third-order valence-electron chi connectivity index (χ3n) is 7.89. The zero-order valence-electron chi connectivity index (χ0n) is 21.4. The molecule has 2 amide bonds. The van der Waals surface area contributed by atoms with Gasteiger partial charge in [0, 0.05) is 30.3 Å². The summed E-state index contributed by atoms with van der Waals surface area (Å²) in [5.74, 6) is 0.938. The van der Waals surface area contributed by atoms with Gasteiger partial charge in [-0.15, -0.1) is 0 Å². The van der Waals surface area contributed by atoms with Crippen molar-refractivity contribution in [1.82, 2.24) is 19.8 Å². The number of halogens is 1. The monoisotopic (exact) mass is 520 g/mol. The molecule has 0 unspecified atom stereocenters. The summed E-state index contributed by atoms with van der Waals surface area (Å²) in [5, 5.41) is 17.8. The number of hydrogen-bond acceptors (Lipinski definition) is 6. The van der Waals surface area contributed by atoms with Crippen molar-refractivity contribution in [3.63, 3.8) is 0 Å². The first-order valence-corrected chi connectivity index (χ1v) is 12.8. The van der Waals surface area contributed by atoms with Crippen LogP contribution in [0, 0.1) is 13.8 Å². The second kappa shape index (κ2) is 9.13. The Morgan fingerprint density at radius 1 is 1.21 bits per heavy atom. The SMILES string of the molecule is Cc1oc2cc(Oc3ccnn4cc(C(=O)N5CC[C@@H](O)[C@H]5C)c(C)c34)ccc2c1C(=O)N[C@@H]1CC[C@@H]1F. The molecule has 0 bridgehead atoms. The van der Waals surface area contributed by atoms with E-state index >= 15 is 0 Å². The number of alkyl halides is 1. The average Bonchev–Trinajstić information content (AvgIpc) is 3.53. The number of amides is 2. The van der Waals surface area contributed by atoms with Gasteiger partial charge in [-0.1, -0.05) is 0 Å². The van der Waals surface area contributed by atoms with E-state index in [-0.39, 0.29) is 17.9 Å². The standard InChI is InChI=1S/C28H29FN4O5/c1-14-19(28(36)32-11-9-22(34)15(32)2)13-33-26(14)23(8-10-30-33)38-17-4-5-18-24(12-17)37-16(3)25(18)27(35)31-21-7-6-20(21)29/h4-5,8,10,12-13,15,20-22,34H,6-7,9,11H2,1-3H3,(H,31,35)/t15-,20+,21-,22-/m1/s1.